The van der Waals surface area contributed by atoms with Gasteiger partial charge in [0.15, 0.2) is 0 Å². The van der Waals surface area contributed by atoms with Gasteiger partial charge in [-0.3, -0.25) is 0 Å². The predicted octanol–water partition coefficient (Wildman–Crippen LogP) is 4.45. The minimum absolute atomic E-state index is 0.0786. The number of aliphatic hydroxyl groups excluding tert-OH is 1. The number of hydrogen-bond acceptors (Lipinski definition) is 6. The molecule has 3 N–H and O–H groups in total. The standard InChI is InChI=1S/C25H39N3O3/c1-24-10-7-17(28-30-12-9-18-15-27-23(14-26)31-18)13-16(24)3-4-19-20-5-6-22(29)25(20,2)11-8-21(19)24/h15-16,19-22,29H,3-14,26H2,1-2H3/b28-17-/t16?,19?,20?,21?,22-,24-,25-/m0/s1. The molecule has 4 saturated carbocycles. The van der Waals surface area contributed by atoms with E-state index < -0.39 is 0 Å². The molecule has 4 fully saturated rings. The topological polar surface area (TPSA) is 93.9 Å². The van der Waals surface area contributed by atoms with Crippen molar-refractivity contribution < 1.29 is 14.4 Å². The van der Waals surface area contributed by atoms with Crippen LogP contribution >= 0.6 is 0 Å². The van der Waals surface area contributed by atoms with E-state index in [1.165, 1.54) is 44.2 Å². The number of oxazole rings is 1. The molecule has 31 heavy (non-hydrogen) atoms. The fourth-order valence-electron chi connectivity index (χ4n) is 7.96. The highest BCUT2D eigenvalue weighted by molar-refractivity contribution is 5.85. The first-order valence-corrected chi connectivity index (χ1v) is 12.4. The van der Waals surface area contributed by atoms with Gasteiger partial charge in [-0.15, -0.1) is 0 Å². The van der Waals surface area contributed by atoms with Gasteiger partial charge in [0.25, 0.3) is 0 Å². The molecule has 6 nitrogen and oxygen atoms in total. The van der Waals surface area contributed by atoms with Crippen molar-refractivity contribution in [1.82, 2.24) is 4.98 Å². The molecule has 1 aromatic heterocycles. The fourth-order valence-corrected chi connectivity index (χ4v) is 7.96. The van der Waals surface area contributed by atoms with E-state index in [1.54, 1.807) is 6.20 Å². The average molecular weight is 430 g/mol. The van der Waals surface area contributed by atoms with Crippen LogP contribution in [0.15, 0.2) is 15.8 Å². The van der Waals surface area contributed by atoms with Crippen molar-refractivity contribution in [1.29, 1.82) is 0 Å². The van der Waals surface area contributed by atoms with Crippen LogP contribution in [0.1, 0.15) is 83.3 Å². The average Bonchev–Trinajstić information content (AvgIpc) is 3.35. The van der Waals surface area contributed by atoms with Crippen LogP contribution in [0.4, 0.5) is 0 Å². The molecule has 0 saturated heterocycles. The second kappa shape index (κ2) is 8.18. The molecule has 0 bridgehead atoms. The van der Waals surface area contributed by atoms with Crippen molar-refractivity contribution in [2.45, 2.75) is 90.7 Å². The lowest BCUT2D eigenvalue weighted by molar-refractivity contribution is -0.112. The first-order chi connectivity index (χ1) is 14.9. The Labute approximate surface area is 186 Å². The maximum absolute atomic E-state index is 10.7. The number of nitrogens with two attached hydrogens (primary N) is 1. The summed E-state index contributed by atoms with van der Waals surface area (Å²) >= 11 is 0. The molecule has 0 aromatic carbocycles. The molecule has 0 radical (unpaired) electrons. The Bertz CT molecular complexity index is 823. The van der Waals surface area contributed by atoms with Crippen molar-refractivity contribution in [3.05, 3.63) is 17.8 Å². The SMILES string of the molecule is C[C@]12CC/C(=N/OCCc3cnc(CN)o3)CC1CCC1C2CC[C@@]2(C)C1CC[C@@H]2O. The van der Waals surface area contributed by atoms with Crippen LogP contribution in [-0.4, -0.2) is 28.5 Å². The van der Waals surface area contributed by atoms with E-state index in [9.17, 15) is 5.11 Å². The largest absolute Gasteiger partial charge is 0.444 e. The van der Waals surface area contributed by atoms with Gasteiger partial charge in [0.2, 0.25) is 5.89 Å². The summed E-state index contributed by atoms with van der Waals surface area (Å²) in [4.78, 5) is 9.78. The summed E-state index contributed by atoms with van der Waals surface area (Å²) in [6, 6.07) is 0. The Kier molecular flexibility index (Phi) is 5.66. The van der Waals surface area contributed by atoms with Gasteiger partial charge in [-0.1, -0.05) is 19.0 Å². The molecular weight excluding hydrogens is 390 g/mol. The summed E-state index contributed by atoms with van der Waals surface area (Å²) < 4.78 is 5.52. The summed E-state index contributed by atoms with van der Waals surface area (Å²) in [5.74, 6) is 4.46. The molecule has 0 amide bonds. The van der Waals surface area contributed by atoms with Gasteiger partial charge in [0.05, 0.1) is 24.6 Å². The Morgan fingerprint density at radius 2 is 2.00 bits per heavy atom. The van der Waals surface area contributed by atoms with Gasteiger partial charge >= 0.3 is 0 Å². The van der Waals surface area contributed by atoms with Gasteiger partial charge in [-0.2, -0.15) is 0 Å². The van der Waals surface area contributed by atoms with Crippen molar-refractivity contribution in [2.75, 3.05) is 6.61 Å². The van der Waals surface area contributed by atoms with E-state index in [4.69, 9.17) is 15.0 Å². The second-order valence-electron chi connectivity index (χ2n) is 11.2. The Balaban J connectivity index is 1.19. The number of aliphatic hydroxyl groups is 1. The first kappa shape index (κ1) is 21.4. The van der Waals surface area contributed by atoms with E-state index in [0.717, 1.165) is 48.7 Å². The van der Waals surface area contributed by atoms with Crippen LogP contribution in [-0.2, 0) is 17.8 Å². The molecule has 0 aliphatic heterocycles. The summed E-state index contributed by atoms with van der Waals surface area (Å²) in [6.07, 6.45) is 13.1. The molecule has 7 atom stereocenters. The van der Waals surface area contributed by atoms with E-state index >= 15 is 0 Å². The van der Waals surface area contributed by atoms with Crippen molar-refractivity contribution in [3.63, 3.8) is 0 Å². The molecule has 5 rings (SSSR count). The Hall–Kier alpha value is -1.40. The van der Waals surface area contributed by atoms with Gasteiger partial charge in [0.1, 0.15) is 12.4 Å². The highest BCUT2D eigenvalue weighted by atomic mass is 16.6. The van der Waals surface area contributed by atoms with Crippen LogP contribution in [0.5, 0.6) is 0 Å². The van der Waals surface area contributed by atoms with Crippen LogP contribution in [0.2, 0.25) is 0 Å². The van der Waals surface area contributed by atoms with Crippen LogP contribution in [0.25, 0.3) is 0 Å². The smallest absolute Gasteiger partial charge is 0.208 e. The van der Waals surface area contributed by atoms with E-state index in [0.29, 0.717) is 30.9 Å². The van der Waals surface area contributed by atoms with Crippen LogP contribution in [0.3, 0.4) is 0 Å². The maximum atomic E-state index is 10.7. The third kappa shape index (κ3) is 3.64. The van der Waals surface area contributed by atoms with Gasteiger partial charge in [-0.25, -0.2) is 4.98 Å². The Morgan fingerprint density at radius 1 is 1.16 bits per heavy atom. The third-order valence-electron chi connectivity index (χ3n) is 9.86. The van der Waals surface area contributed by atoms with Crippen molar-refractivity contribution in [3.8, 4) is 0 Å². The highest BCUT2D eigenvalue weighted by Gasteiger charge is 2.59. The first-order valence-electron chi connectivity index (χ1n) is 12.4. The zero-order valence-electron chi connectivity index (χ0n) is 19.2. The summed E-state index contributed by atoms with van der Waals surface area (Å²) in [7, 11) is 0. The van der Waals surface area contributed by atoms with E-state index in [-0.39, 0.29) is 11.5 Å². The van der Waals surface area contributed by atoms with E-state index in [2.05, 4.69) is 24.0 Å². The number of aromatic nitrogens is 1. The molecule has 172 valence electrons. The molecule has 0 spiro atoms. The minimum atomic E-state index is -0.0786. The number of rotatable bonds is 5. The zero-order chi connectivity index (χ0) is 21.6. The highest BCUT2D eigenvalue weighted by Crippen LogP contribution is 2.65. The lowest BCUT2D eigenvalue weighted by Crippen LogP contribution is -2.54. The number of hydrogen-bond donors (Lipinski definition) is 2. The quantitative estimate of drug-likeness (QED) is 0.533. The lowest BCUT2D eigenvalue weighted by Gasteiger charge is -2.60. The molecule has 1 aromatic rings. The summed E-state index contributed by atoms with van der Waals surface area (Å²) in [5, 5.41) is 15.2. The number of oxime groups is 1. The van der Waals surface area contributed by atoms with E-state index in [1.807, 2.05) is 0 Å². The molecular formula is C25H39N3O3. The number of nitrogens with zero attached hydrogens (tertiary/aromatic N) is 2. The molecule has 4 aliphatic carbocycles. The molecule has 6 heteroatoms. The molecule has 1 heterocycles. The summed E-state index contributed by atoms with van der Waals surface area (Å²) in [5.41, 5.74) is 7.37. The van der Waals surface area contributed by atoms with Gasteiger partial charge < -0.3 is 20.1 Å². The van der Waals surface area contributed by atoms with Gasteiger partial charge in [-0.05, 0) is 92.3 Å². The molecule has 4 unspecified atom stereocenters. The minimum Gasteiger partial charge on any atom is -0.444 e. The second-order valence-corrected chi connectivity index (χ2v) is 11.2. The Morgan fingerprint density at radius 3 is 2.81 bits per heavy atom. The normalized spacial score (nSPS) is 43.4. The van der Waals surface area contributed by atoms with Crippen molar-refractivity contribution >= 4 is 5.71 Å². The lowest BCUT2D eigenvalue weighted by atomic mass is 9.45. The summed E-state index contributed by atoms with van der Waals surface area (Å²) in [6.45, 7) is 5.78. The number of fused-ring (bicyclic) bond motifs is 5. The van der Waals surface area contributed by atoms with Gasteiger partial charge in [0, 0.05) is 6.42 Å². The van der Waals surface area contributed by atoms with Crippen molar-refractivity contribution in [2.24, 2.45) is 45.4 Å². The predicted molar refractivity (Wildman–Crippen MR) is 119 cm³/mol. The van der Waals surface area contributed by atoms with Crippen LogP contribution in [0, 0.1) is 34.5 Å². The molecule has 4 aliphatic rings. The fraction of sp³-hybridized carbons (Fsp3) is 0.840. The third-order valence-corrected chi connectivity index (χ3v) is 9.86. The van der Waals surface area contributed by atoms with Crippen LogP contribution < -0.4 is 5.73 Å². The monoisotopic (exact) mass is 429 g/mol. The zero-order valence-corrected chi connectivity index (χ0v) is 19.2. The maximum Gasteiger partial charge on any atom is 0.208 e.